The third-order valence-corrected chi connectivity index (χ3v) is 4.43. The van der Waals surface area contributed by atoms with Gasteiger partial charge in [0, 0.05) is 6.42 Å². The molecule has 1 fully saturated rings. The van der Waals surface area contributed by atoms with Gasteiger partial charge >= 0.3 is 5.97 Å². The van der Waals surface area contributed by atoms with Gasteiger partial charge in [-0.2, -0.15) is 0 Å². The van der Waals surface area contributed by atoms with Crippen LogP contribution in [0.15, 0.2) is 24.3 Å². The molecule has 19 heavy (non-hydrogen) atoms. The molecule has 1 aromatic rings. The minimum absolute atomic E-state index is 0.109. The summed E-state index contributed by atoms with van der Waals surface area (Å²) in [5.41, 5.74) is 2.14. The fraction of sp³-hybridized carbons (Fsp3) is 0.562. The number of carbonyl (C=O) groups is 1. The average molecular weight is 259 g/mol. The molecular formula is C16H21NO2. The highest BCUT2D eigenvalue weighted by Crippen LogP contribution is 2.33. The van der Waals surface area contributed by atoms with Crippen molar-refractivity contribution in [2.24, 2.45) is 5.92 Å². The van der Waals surface area contributed by atoms with Gasteiger partial charge in [0.15, 0.2) is 0 Å². The van der Waals surface area contributed by atoms with Crippen molar-refractivity contribution in [1.82, 2.24) is 5.32 Å². The molecule has 0 aromatic heterocycles. The average Bonchev–Trinajstić information content (AvgIpc) is 3.28. The predicted octanol–water partition coefficient (Wildman–Crippen LogP) is 2.09. The Bertz CT molecular complexity index is 481. The largest absolute Gasteiger partial charge is 0.468 e. The zero-order valence-corrected chi connectivity index (χ0v) is 11.4. The van der Waals surface area contributed by atoms with E-state index in [1.807, 2.05) is 6.07 Å². The summed E-state index contributed by atoms with van der Waals surface area (Å²) in [4.78, 5) is 12.2. The molecule has 3 rings (SSSR count). The lowest BCUT2D eigenvalue weighted by atomic mass is 9.77. The standard InChI is InChI=1S/C16H21NO2/c1-19-15(18)16(17-11-12-6-7-12)9-8-13-4-2-3-5-14(13)10-16/h2-5,12,17H,6-11H2,1H3. The molecule has 0 radical (unpaired) electrons. The number of carbonyl (C=O) groups excluding carboxylic acids is 1. The maximum Gasteiger partial charge on any atom is 0.326 e. The Balaban J connectivity index is 1.82. The van der Waals surface area contributed by atoms with Crippen molar-refractivity contribution in [2.75, 3.05) is 13.7 Å². The van der Waals surface area contributed by atoms with E-state index in [9.17, 15) is 4.79 Å². The summed E-state index contributed by atoms with van der Waals surface area (Å²) in [6.07, 6.45) is 5.12. The van der Waals surface area contributed by atoms with Gasteiger partial charge in [0.25, 0.3) is 0 Å². The van der Waals surface area contributed by atoms with Gasteiger partial charge in [0.1, 0.15) is 5.54 Å². The molecule has 0 saturated heterocycles. The van der Waals surface area contributed by atoms with Crippen molar-refractivity contribution in [1.29, 1.82) is 0 Å². The van der Waals surface area contributed by atoms with E-state index in [1.165, 1.54) is 31.1 Å². The van der Waals surface area contributed by atoms with Crippen LogP contribution < -0.4 is 5.32 Å². The van der Waals surface area contributed by atoms with E-state index in [1.54, 1.807) is 0 Å². The number of hydrogen-bond donors (Lipinski definition) is 1. The zero-order chi connectivity index (χ0) is 13.3. The van der Waals surface area contributed by atoms with Crippen molar-refractivity contribution < 1.29 is 9.53 Å². The van der Waals surface area contributed by atoms with Crippen LogP contribution >= 0.6 is 0 Å². The van der Waals surface area contributed by atoms with Crippen LogP contribution in [-0.4, -0.2) is 25.2 Å². The highest BCUT2D eigenvalue weighted by atomic mass is 16.5. The van der Waals surface area contributed by atoms with Gasteiger partial charge in [-0.25, -0.2) is 0 Å². The van der Waals surface area contributed by atoms with E-state index in [4.69, 9.17) is 4.74 Å². The number of nitrogens with one attached hydrogen (secondary N) is 1. The monoisotopic (exact) mass is 259 g/mol. The highest BCUT2D eigenvalue weighted by molar-refractivity contribution is 5.81. The molecule has 1 unspecified atom stereocenters. The van der Waals surface area contributed by atoms with Gasteiger partial charge < -0.3 is 10.1 Å². The Morgan fingerprint density at radius 3 is 2.79 bits per heavy atom. The number of rotatable bonds is 4. The van der Waals surface area contributed by atoms with Crippen LogP contribution in [0.3, 0.4) is 0 Å². The van der Waals surface area contributed by atoms with Gasteiger partial charge in [0.2, 0.25) is 0 Å². The summed E-state index contributed by atoms with van der Waals surface area (Å²) in [7, 11) is 1.49. The minimum Gasteiger partial charge on any atom is -0.468 e. The second kappa shape index (κ2) is 4.97. The van der Waals surface area contributed by atoms with E-state index in [0.29, 0.717) is 0 Å². The quantitative estimate of drug-likeness (QED) is 0.841. The first kappa shape index (κ1) is 12.7. The maximum atomic E-state index is 12.2. The summed E-state index contributed by atoms with van der Waals surface area (Å²) < 4.78 is 5.06. The molecule has 0 amide bonds. The normalized spacial score (nSPS) is 25.7. The summed E-state index contributed by atoms with van der Waals surface area (Å²) in [5, 5.41) is 3.51. The van der Waals surface area contributed by atoms with Crippen LogP contribution in [0.4, 0.5) is 0 Å². The van der Waals surface area contributed by atoms with Crippen molar-refractivity contribution in [3.8, 4) is 0 Å². The molecule has 0 bridgehead atoms. The van der Waals surface area contributed by atoms with E-state index in [-0.39, 0.29) is 5.97 Å². The smallest absolute Gasteiger partial charge is 0.326 e. The van der Waals surface area contributed by atoms with Crippen molar-refractivity contribution in [3.05, 3.63) is 35.4 Å². The Kier molecular flexibility index (Phi) is 3.31. The van der Waals surface area contributed by atoms with E-state index in [0.717, 1.165) is 31.7 Å². The van der Waals surface area contributed by atoms with Gasteiger partial charge in [-0.15, -0.1) is 0 Å². The Hall–Kier alpha value is -1.35. The second-order valence-corrected chi connectivity index (χ2v) is 5.84. The predicted molar refractivity (Wildman–Crippen MR) is 73.9 cm³/mol. The lowest BCUT2D eigenvalue weighted by Crippen LogP contribution is -2.56. The van der Waals surface area contributed by atoms with Crippen molar-refractivity contribution in [3.63, 3.8) is 0 Å². The molecule has 3 heteroatoms. The first-order valence-corrected chi connectivity index (χ1v) is 7.14. The highest BCUT2D eigenvalue weighted by Gasteiger charge is 2.42. The molecule has 102 valence electrons. The van der Waals surface area contributed by atoms with Gasteiger partial charge in [-0.05, 0) is 49.3 Å². The van der Waals surface area contributed by atoms with E-state index < -0.39 is 5.54 Å². The molecule has 0 spiro atoms. The molecule has 1 aromatic carbocycles. The fourth-order valence-corrected chi connectivity index (χ4v) is 2.99. The van der Waals surface area contributed by atoms with Crippen molar-refractivity contribution in [2.45, 2.75) is 37.6 Å². The minimum atomic E-state index is -0.508. The molecule has 0 heterocycles. The third-order valence-electron chi connectivity index (χ3n) is 4.43. The van der Waals surface area contributed by atoms with Gasteiger partial charge in [-0.3, -0.25) is 4.79 Å². The van der Waals surface area contributed by atoms with E-state index in [2.05, 4.69) is 23.5 Å². The lowest BCUT2D eigenvalue weighted by molar-refractivity contribution is -0.149. The number of ether oxygens (including phenoxy) is 1. The topological polar surface area (TPSA) is 38.3 Å². The van der Waals surface area contributed by atoms with Crippen LogP contribution in [-0.2, 0) is 22.4 Å². The SMILES string of the molecule is COC(=O)C1(NCC2CC2)CCc2ccccc2C1. The molecule has 0 aliphatic heterocycles. The Morgan fingerprint density at radius 1 is 1.37 bits per heavy atom. The van der Waals surface area contributed by atoms with Crippen molar-refractivity contribution >= 4 is 5.97 Å². The number of benzene rings is 1. The van der Waals surface area contributed by atoms with Crippen LogP contribution in [0.25, 0.3) is 0 Å². The summed E-state index contributed by atoms with van der Waals surface area (Å²) in [5.74, 6) is 0.654. The zero-order valence-electron chi connectivity index (χ0n) is 11.4. The fourth-order valence-electron chi connectivity index (χ4n) is 2.99. The second-order valence-electron chi connectivity index (χ2n) is 5.84. The van der Waals surface area contributed by atoms with Gasteiger partial charge in [-0.1, -0.05) is 24.3 Å². The number of aryl methyl sites for hydroxylation is 1. The summed E-state index contributed by atoms with van der Waals surface area (Å²) in [6.45, 7) is 0.942. The molecule has 1 atom stereocenters. The maximum absolute atomic E-state index is 12.2. The van der Waals surface area contributed by atoms with Crippen LogP contribution in [0.1, 0.15) is 30.4 Å². The number of esters is 1. The summed E-state index contributed by atoms with van der Waals surface area (Å²) in [6, 6.07) is 8.41. The molecule has 2 aliphatic rings. The lowest BCUT2D eigenvalue weighted by Gasteiger charge is -2.36. The molecule has 2 aliphatic carbocycles. The van der Waals surface area contributed by atoms with E-state index >= 15 is 0 Å². The summed E-state index contributed by atoms with van der Waals surface area (Å²) >= 11 is 0. The molecule has 3 nitrogen and oxygen atoms in total. The first-order valence-electron chi connectivity index (χ1n) is 7.14. The van der Waals surface area contributed by atoms with Crippen LogP contribution in [0.2, 0.25) is 0 Å². The number of fused-ring (bicyclic) bond motifs is 1. The molecule has 1 saturated carbocycles. The van der Waals surface area contributed by atoms with Crippen LogP contribution in [0, 0.1) is 5.92 Å². The third kappa shape index (κ3) is 2.52. The molecular weight excluding hydrogens is 238 g/mol. The Morgan fingerprint density at radius 2 is 2.11 bits per heavy atom. The molecule has 1 N–H and O–H groups in total. The number of methoxy groups -OCH3 is 1. The Labute approximate surface area is 114 Å². The first-order chi connectivity index (χ1) is 9.23. The van der Waals surface area contributed by atoms with Gasteiger partial charge in [0.05, 0.1) is 7.11 Å². The van der Waals surface area contributed by atoms with Crippen LogP contribution in [0.5, 0.6) is 0 Å². The number of hydrogen-bond acceptors (Lipinski definition) is 3.